The van der Waals surface area contributed by atoms with Gasteiger partial charge in [0.1, 0.15) is 5.78 Å². The molecule has 18 heavy (non-hydrogen) atoms. The molecule has 0 saturated carbocycles. The fourth-order valence-corrected chi connectivity index (χ4v) is 5.44. The Kier molecular flexibility index (Phi) is 3.26. The third-order valence-electron chi connectivity index (χ3n) is 5.10. The maximum Gasteiger partial charge on any atom is 0.138 e. The molecule has 1 nitrogen and oxygen atoms in total. The lowest BCUT2D eigenvalue weighted by Crippen LogP contribution is -2.47. The molecular weight excluding hydrogens is 236 g/mol. The first-order chi connectivity index (χ1) is 8.23. The minimum absolute atomic E-state index is 0.277. The van der Waals surface area contributed by atoms with Gasteiger partial charge >= 0.3 is 0 Å². The van der Waals surface area contributed by atoms with E-state index in [1.807, 2.05) is 6.07 Å². The number of carbonyl (C=O) groups excluding carboxylic acids is 1. The smallest absolute Gasteiger partial charge is 0.138 e. The van der Waals surface area contributed by atoms with Crippen molar-refractivity contribution < 1.29 is 4.79 Å². The van der Waals surface area contributed by atoms with Crippen LogP contribution in [0.4, 0.5) is 0 Å². The zero-order valence-corrected chi connectivity index (χ0v) is 13.2. The van der Waals surface area contributed by atoms with Crippen molar-refractivity contribution in [2.24, 2.45) is 0 Å². The lowest BCUT2D eigenvalue weighted by molar-refractivity contribution is -0.118. The number of fused-ring (bicyclic) bond motifs is 1. The van der Waals surface area contributed by atoms with Gasteiger partial charge in [-0.05, 0) is 22.6 Å². The summed E-state index contributed by atoms with van der Waals surface area (Å²) in [5.74, 6) is 0.472. The maximum absolute atomic E-state index is 12.5. The third kappa shape index (κ3) is 2.18. The number of carbonyl (C=O) groups is 1. The normalized spacial score (nSPS) is 20.7. The molecule has 0 spiro atoms. The Balaban J connectivity index is 2.36. The molecule has 2 rings (SSSR count). The molecule has 2 heteroatoms. The molecule has 0 fully saturated rings. The largest absolute Gasteiger partial charge is 0.299 e. The molecule has 0 amide bonds. The predicted molar refractivity (Wildman–Crippen MR) is 79.8 cm³/mol. The van der Waals surface area contributed by atoms with E-state index in [0.717, 1.165) is 6.42 Å². The minimum Gasteiger partial charge on any atom is -0.299 e. The highest BCUT2D eigenvalue weighted by atomic mass is 28.3. The van der Waals surface area contributed by atoms with E-state index in [0.29, 0.717) is 12.2 Å². The number of benzene rings is 1. The van der Waals surface area contributed by atoms with Gasteiger partial charge in [-0.1, -0.05) is 58.1 Å². The summed E-state index contributed by atoms with van der Waals surface area (Å²) < 4.78 is 0. The molecule has 0 saturated heterocycles. The second-order valence-corrected chi connectivity index (χ2v) is 12.8. The molecule has 0 N–H and O–H groups in total. The summed E-state index contributed by atoms with van der Waals surface area (Å²) in [6.45, 7) is 11.7. The van der Waals surface area contributed by atoms with Gasteiger partial charge in [-0.15, -0.1) is 0 Å². The number of ketones is 1. The Morgan fingerprint density at radius 3 is 2.22 bits per heavy atom. The van der Waals surface area contributed by atoms with Crippen molar-refractivity contribution >= 4 is 13.9 Å². The van der Waals surface area contributed by atoms with Crippen LogP contribution < -0.4 is 0 Å². The van der Waals surface area contributed by atoms with Crippen LogP contribution in [0.1, 0.15) is 31.9 Å². The molecule has 0 bridgehead atoms. The van der Waals surface area contributed by atoms with Crippen molar-refractivity contribution in [3.63, 3.8) is 0 Å². The van der Waals surface area contributed by atoms with Crippen LogP contribution in [0.15, 0.2) is 24.3 Å². The summed E-state index contributed by atoms with van der Waals surface area (Å²) in [4.78, 5) is 12.5. The monoisotopic (exact) mass is 260 g/mol. The molecular formula is C16H24OSi. The van der Waals surface area contributed by atoms with Crippen LogP contribution in [0.3, 0.4) is 0 Å². The fourth-order valence-electron chi connectivity index (χ4n) is 2.75. The van der Waals surface area contributed by atoms with Gasteiger partial charge in [0.2, 0.25) is 0 Å². The summed E-state index contributed by atoms with van der Waals surface area (Å²) in [7, 11) is -1.59. The highest BCUT2D eigenvalue weighted by Gasteiger charge is 2.46. The molecule has 1 aromatic rings. The lowest BCUT2D eigenvalue weighted by Gasteiger charge is -2.44. The van der Waals surface area contributed by atoms with Crippen molar-refractivity contribution in [2.45, 2.75) is 57.3 Å². The SMILES string of the molecule is CC(C)(C)[Si](C)(C)C1Cc2ccccc2CC1=O. The fraction of sp³-hybridized carbons (Fsp3) is 0.562. The van der Waals surface area contributed by atoms with E-state index in [-0.39, 0.29) is 10.6 Å². The summed E-state index contributed by atoms with van der Waals surface area (Å²) in [6, 6.07) is 8.44. The summed E-state index contributed by atoms with van der Waals surface area (Å²) in [6.07, 6.45) is 1.61. The van der Waals surface area contributed by atoms with E-state index in [1.165, 1.54) is 11.1 Å². The van der Waals surface area contributed by atoms with Crippen molar-refractivity contribution in [2.75, 3.05) is 0 Å². The molecule has 1 aliphatic rings. The molecule has 1 atom stereocenters. The summed E-state index contributed by atoms with van der Waals surface area (Å²) in [5.41, 5.74) is 2.93. The van der Waals surface area contributed by atoms with Crippen LogP contribution >= 0.6 is 0 Å². The Morgan fingerprint density at radius 2 is 1.67 bits per heavy atom. The van der Waals surface area contributed by atoms with Crippen LogP contribution in [0, 0.1) is 0 Å². The van der Waals surface area contributed by atoms with Crippen molar-refractivity contribution in [3.8, 4) is 0 Å². The predicted octanol–water partition coefficient (Wildman–Crippen LogP) is 4.23. The first kappa shape index (κ1) is 13.5. The molecule has 0 aromatic heterocycles. The van der Waals surface area contributed by atoms with Gasteiger partial charge in [0.15, 0.2) is 0 Å². The highest BCUT2D eigenvalue weighted by molar-refractivity contribution is 6.84. The van der Waals surface area contributed by atoms with E-state index < -0.39 is 8.07 Å². The van der Waals surface area contributed by atoms with Crippen LogP contribution in [0.2, 0.25) is 23.7 Å². The average Bonchev–Trinajstić information content (AvgIpc) is 2.26. The molecule has 0 radical (unpaired) electrons. The quantitative estimate of drug-likeness (QED) is 0.691. The maximum atomic E-state index is 12.5. The molecule has 0 heterocycles. The number of hydrogen-bond donors (Lipinski definition) is 0. The zero-order chi connectivity index (χ0) is 13.6. The second-order valence-electron chi connectivity index (χ2n) is 7.14. The second kappa shape index (κ2) is 4.34. The Labute approximate surface area is 112 Å². The van der Waals surface area contributed by atoms with E-state index in [2.05, 4.69) is 52.1 Å². The Hall–Kier alpha value is -0.893. The third-order valence-corrected chi connectivity index (χ3v) is 11.2. The minimum atomic E-state index is -1.59. The van der Waals surface area contributed by atoms with Crippen LogP contribution in [0.5, 0.6) is 0 Å². The topological polar surface area (TPSA) is 17.1 Å². The van der Waals surface area contributed by atoms with Crippen molar-refractivity contribution in [3.05, 3.63) is 35.4 Å². The van der Waals surface area contributed by atoms with E-state index in [9.17, 15) is 4.79 Å². The number of hydrogen-bond acceptors (Lipinski definition) is 1. The number of Topliss-reactive ketones (excluding diaryl/α,β-unsaturated/α-hetero) is 1. The van der Waals surface area contributed by atoms with Crippen molar-refractivity contribution in [1.82, 2.24) is 0 Å². The van der Waals surface area contributed by atoms with Crippen LogP contribution in [-0.4, -0.2) is 13.9 Å². The molecule has 1 unspecified atom stereocenters. The molecule has 98 valence electrons. The molecule has 1 aromatic carbocycles. The van der Waals surface area contributed by atoms with E-state index >= 15 is 0 Å². The lowest BCUT2D eigenvalue weighted by atomic mass is 9.90. The van der Waals surface area contributed by atoms with Gasteiger partial charge < -0.3 is 0 Å². The van der Waals surface area contributed by atoms with Crippen LogP contribution in [-0.2, 0) is 17.6 Å². The highest BCUT2D eigenvalue weighted by Crippen LogP contribution is 2.47. The summed E-state index contributed by atoms with van der Waals surface area (Å²) in [5, 5.41) is 0.277. The van der Waals surface area contributed by atoms with Crippen LogP contribution in [0.25, 0.3) is 0 Å². The standard InChI is InChI=1S/C16H24OSi/c1-16(2,3)18(4,5)15-11-13-9-7-6-8-12(13)10-14(15)17/h6-9,15H,10-11H2,1-5H3. The first-order valence-electron chi connectivity index (χ1n) is 6.83. The first-order valence-corrected chi connectivity index (χ1v) is 9.91. The number of rotatable bonds is 1. The van der Waals surface area contributed by atoms with Crippen molar-refractivity contribution in [1.29, 1.82) is 0 Å². The van der Waals surface area contributed by atoms with Gasteiger partial charge in [-0.3, -0.25) is 4.79 Å². The summed E-state index contributed by atoms with van der Waals surface area (Å²) >= 11 is 0. The van der Waals surface area contributed by atoms with Gasteiger partial charge in [-0.25, -0.2) is 0 Å². The van der Waals surface area contributed by atoms with Gasteiger partial charge in [0.25, 0.3) is 0 Å². The zero-order valence-electron chi connectivity index (χ0n) is 12.2. The van der Waals surface area contributed by atoms with E-state index in [4.69, 9.17) is 0 Å². The molecule has 1 aliphatic carbocycles. The van der Waals surface area contributed by atoms with Gasteiger partial charge in [0.05, 0.1) is 8.07 Å². The van der Waals surface area contributed by atoms with Gasteiger partial charge in [0, 0.05) is 12.0 Å². The Bertz CT molecular complexity index is 468. The van der Waals surface area contributed by atoms with E-state index in [1.54, 1.807) is 0 Å². The average molecular weight is 260 g/mol. The Morgan fingerprint density at radius 1 is 1.11 bits per heavy atom. The molecule has 0 aliphatic heterocycles. The van der Waals surface area contributed by atoms with Gasteiger partial charge in [-0.2, -0.15) is 0 Å².